The molecular weight excluding hydrogens is 272 g/mol. The predicted octanol–water partition coefficient (Wildman–Crippen LogP) is 2.88. The van der Waals surface area contributed by atoms with Gasteiger partial charge >= 0.3 is 0 Å². The molecule has 0 radical (unpaired) electrons. The van der Waals surface area contributed by atoms with Gasteiger partial charge in [-0.3, -0.25) is 4.79 Å². The van der Waals surface area contributed by atoms with Gasteiger partial charge in [-0.25, -0.2) is 0 Å². The Bertz CT molecular complexity index is 879. The first-order chi connectivity index (χ1) is 10.1. The summed E-state index contributed by atoms with van der Waals surface area (Å²) in [6, 6.07) is 10.3. The summed E-state index contributed by atoms with van der Waals surface area (Å²) in [5, 5.41) is 19.6. The van der Waals surface area contributed by atoms with E-state index < -0.39 is 0 Å². The number of hydrogen-bond donors (Lipinski definition) is 2. The predicted molar refractivity (Wildman–Crippen MR) is 77.8 cm³/mol. The van der Waals surface area contributed by atoms with Crippen LogP contribution in [0.2, 0.25) is 0 Å². The lowest BCUT2D eigenvalue weighted by molar-refractivity contribution is 0.414. The van der Waals surface area contributed by atoms with Crippen LogP contribution in [-0.2, 0) is 0 Å². The number of rotatable bonds is 2. The first-order valence-corrected chi connectivity index (χ1v) is 6.23. The molecule has 0 amide bonds. The lowest BCUT2D eigenvalue weighted by atomic mass is 10.1. The van der Waals surface area contributed by atoms with Crippen molar-refractivity contribution in [1.29, 1.82) is 0 Å². The Hall–Kier alpha value is -2.95. The van der Waals surface area contributed by atoms with Crippen LogP contribution in [0.15, 0.2) is 51.7 Å². The van der Waals surface area contributed by atoms with Crippen molar-refractivity contribution < 1.29 is 19.4 Å². The maximum atomic E-state index is 12.1. The molecule has 0 unspecified atom stereocenters. The largest absolute Gasteiger partial charge is 0.508 e. The van der Waals surface area contributed by atoms with Crippen LogP contribution in [0.4, 0.5) is 0 Å². The number of phenols is 2. The normalized spacial score (nSPS) is 10.7. The Morgan fingerprint density at radius 2 is 1.86 bits per heavy atom. The topological polar surface area (TPSA) is 79.9 Å². The van der Waals surface area contributed by atoms with Gasteiger partial charge in [-0.05, 0) is 24.3 Å². The van der Waals surface area contributed by atoms with E-state index in [1.807, 2.05) is 0 Å². The summed E-state index contributed by atoms with van der Waals surface area (Å²) in [4.78, 5) is 12.1. The maximum absolute atomic E-state index is 12.1. The summed E-state index contributed by atoms with van der Waals surface area (Å²) in [6.45, 7) is 0. The van der Waals surface area contributed by atoms with E-state index in [9.17, 15) is 15.0 Å². The Balaban J connectivity index is 2.26. The van der Waals surface area contributed by atoms with E-state index in [4.69, 9.17) is 9.15 Å². The van der Waals surface area contributed by atoms with Crippen LogP contribution < -0.4 is 10.2 Å². The second kappa shape index (κ2) is 4.86. The quantitative estimate of drug-likeness (QED) is 0.756. The smallest absolute Gasteiger partial charge is 0.193 e. The first kappa shape index (κ1) is 13.1. The number of benzene rings is 2. The molecule has 0 aliphatic heterocycles. The Morgan fingerprint density at radius 3 is 2.57 bits per heavy atom. The highest BCUT2D eigenvalue weighted by atomic mass is 16.5. The number of ether oxygens (including phenoxy) is 1. The van der Waals surface area contributed by atoms with Crippen molar-refractivity contribution in [3.63, 3.8) is 0 Å². The fourth-order valence-corrected chi connectivity index (χ4v) is 2.12. The van der Waals surface area contributed by atoms with Crippen molar-refractivity contribution in [2.45, 2.75) is 0 Å². The van der Waals surface area contributed by atoms with Gasteiger partial charge in [0.1, 0.15) is 28.6 Å². The molecule has 1 heterocycles. The number of methoxy groups -OCH3 is 1. The van der Waals surface area contributed by atoms with Crippen LogP contribution in [0.5, 0.6) is 17.2 Å². The van der Waals surface area contributed by atoms with E-state index in [1.54, 1.807) is 18.2 Å². The van der Waals surface area contributed by atoms with Crippen LogP contribution in [0.1, 0.15) is 0 Å². The average molecular weight is 284 g/mol. The van der Waals surface area contributed by atoms with Gasteiger partial charge in [-0.2, -0.15) is 0 Å². The lowest BCUT2D eigenvalue weighted by Crippen LogP contribution is -2.00. The molecule has 2 N–H and O–H groups in total. The minimum absolute atomic E-state index is 0.0685. The molecule has 0 saturated carbocycles. The SMILES string of the molecule is COc1ccc2c(=O)cc(-c3ccc(O)cc3O)oc2c1. The third kappa shape index (κ3) is 2.29. The molecule has 0 saturated heterocycles. The Kier molecular flexibility index (Phi) is 3.02. The molecule has 0 atom stereocenters. The highest BCUT2D eigenvalue weighted by molar-refractivity contribution is 5.80. The summed E-state index contributed by atoms with van der Waals surface area (Å²) in [5.41, 5.74) is 0.473. The molecule has 3 aromatic rings. The summed E-state index contributed by atoms with van der Waals surface area (Å²) in [7, 11) is 1.52. The van der Waals surface area contributed by atoms with Crippen molar-refractivity contribution >= 4 is 11.0 Å². The van der Waals surface area contributed by atoms with Crippen molar-refractivity contribution in [2.75, 3.05) is 7.11 Å². The monoisotopic (exact) mass is 284 g/mol. The van der Waals surface area contributed by atoms with Gasteiger partial charge < -0.3 is 19.4 Å². The van der Waals surface area contributed by atoms with Gasteiger partial charge in [0.25, 0.3) is 0 Å². The van der Waals surface area contributed by atoms with Gasteiger partial charge in [0.15, 0.2) is 5.43 Å². The second-order valence-electron chi connectivity index (χ2n) is 4.54. The van der Waals surface area contributed by atoms with Crippen molar-refractivity contribution in [1.82, 2.24) is 0 Å². The zero-order valence-electron chi connectivity index (χ0n) is 11.2. The van der Waals surface area contributed by atoms with Crippen LogP contribution >= 0.6 is 0 Å². The van der Waals surface area contributed by atoms with Gasteiger partial charge in [0.05, 0.1) is 18.1 Å². The molecule has 21 heavy (non-hydrogen) atoms. The third-order valence-electron chi connectivity index (χ3n) is 3.18. The van der Waals surface area contributed by atoms with E-state index in [2.05, 4.69) is 0 Å². The molecule has 0 fully saturated rings. The molecule has 5 nitrogen and oxygen atoms in total. The number of hydrogen-bond acceptors (Lipinski definition) is 5. The molecule has 0 aliphatic carbocycles. The lowest BCUT2D eigenvalue weighted by Gasteiger charge is -2.06. The molecule has 3 rings (SSSR count). The van der Waals surface area contributed by atoms with Gasteiger partial charge in [0, 0.05) is 18.2 Å². The summed E-state index contributed by atoms with van der Waals surface area (Å²) < 4.78 is 10.8. The van der Waals surface area contributed by atoms with Crippen LogP contribution in [0.3, 0.4) is 0 Å². The molecule has 0 bridgehead atoms. The molecule has 0 aliphatic rings. The van der Waals surface area contributed by atoms with Gasteiger partial charge in [0.2, 0.25) is 0 Å². The highest BCUT2D eigenvalue weighted by Gasteiger charge is 2.11. The Labute approximate surface area is 119 Å². The van der Waals surface area contributed by atoms with E-state index in [0.717, 1.165) is 0 Å². The maximum Gasteiger partial charge on any atom is 0.193 e. The van der Waals surface area contributed by atoms with E-state index >= 15 is 0 Å². The fraction of sp³-hybridized carbons (Fsp3) is 0.0625. The minimum atomic E-state index is -0.221. The minimum Gasteiger partial charge on any atom is -0.508 e. The summed E-state index contributed by atoms with van der Waals surface area (Å²) in [5.74, 6) is 0.553. The zero-order valence-corrected chi connectivity index (χ0v) is 11.2. The summed E-state index contributed by atoms with van der Waals surface area (Å²) in [6.07, 6.45) is 0. The molecule has 1 aromatic heterocycles. The average Bonchev–Trinajstić information content (AvgIpc) is 2.46. The first-order valence-electron chi connectivity index (χ1n) is 6.23. The zero-order chi connectivity index (χ0) is 15.0. The molecule has 0 spiro atoms. The molecule has 106 valence electrons. The second-order valence-corrected chi connectivity index (χ2v) is 4.54. The van der Waals surface area contributed by atoms with Crippen LogP contribution in [-0.4, -0.2) is 17.3 Å². The van der Waals surface area contributed by atoms with Crippen LogP contribution in [0, 0.1) is 0 Å². The van der Waals surface area contributed by atoms with Crippen LogP contribution in [0.25, 0.3) is 22.3 Å². The van der Waals surface area contributed by atoms with Crippen molar-refractivity contribution in [3.05, 3.63) is 52.7 Å². The third-order valence-corrected chi connectivity index (χ3v) is 3.18. The molecule has 5 heteroatoms. The number of fused-ring (bicyclic) bond motifs is 1. The molecule has 2 aromatic carbocycles. The van der Waals surface area contributed by atoms with E-state index in [0.29, 0.717) is 22.3 Å². The fourth-order valence-electron chi connectivity index (χ4n) is 2.12. The highest BCUT2D eigenvalue weighted by Crippen LogP contribution is 2.33. The van der Waals surface area contributed by atoms with E-state index in [1.165, 1.54) is 31.4 Å². The Morgan fingerprint density at radius 1 is 1.05 bits per heavy atom. The van der Waals surface area contributed by atoms with Crippen molar-refractivity contribution in [3.8, 4) is 28.6 Å². The van der Waals surface area contributed by atoms with Gasteiger partial charge in [-0.1, -0.05) is 0 Å². The number of aromatic hydroxyl groups is 2. The number of phenolic OH excluding ortho intramolecular Hbond substituents is 2. The molecular formula is C16H12O5. The summed E-state index contributed by atoms with van der Waals surface area (Å²) >= 11 is 0. The van der Waals surface area contributed by atoms with E-state index in [-0.39, 0.29) is 22.7 Å². The van der Waals surface area contributed by atoms with Gasteiger partial charge in [-0.15, -0.1) is 0 Å². The standard InChI is InChI=1S/C16H12O5/c1-20-10-3-5-12-14(19)8-16(21-15(12)7-10)11-4-2-9(17)6-13(11)18/h2-8,17-18H,1H3. The van der Waals surface area contributed by atoms with Crippen molar-refractivity contribution in [2.24, 2.45) is 0 Å².